The first-order chi connectivity index (χ1) is 20.0. The van der Waals surface area contributed by atoms with E-state index in [1.807, 2.05) is 29.9 Å². The smallest absolute Gasteiger partial charge is 0.361 e. The van der Waals surface area contributed by atoms with E-state index in [0.29, 0.717) is 29.6 Å². The number of aryl methyl sites for hydroxylation is 1. The maximum Gasteiger partial charge on any atom is 0.416 e. The monoisotopic (exact) mass is 576 g/mol. The molecule has 42 heavy (non-hydrogen) atoms. The molecule has 0 unspecified atom stereocenters. The fourth-order valence-corrected chi connectivity index (χ4v) is 7.74. The summed E-state index contributed by atoms with van der Waals surface area (Å²) < 4.78 is 45.3. The van der Waals surface area contributed by atoms with Crippen molar-refractivity contribution in [3.05, 3.63) is 76.5 Å². The minimum absolute atomic E-state index is 0.0534. The van der Waals surface area contributed by atoms with Crippen molar-refractivity contribution in [2.24, 2.45) is 18.9 Å². The second kappa shape index (κ2) is 9.69. The topological polar surface area (TPSA) is 70.1 Å². The number of nitrogens with one attached hydrogen (secondary N) is 1. The molecule has 1 amide bonds. The zero-order valence-electron chi connectivity index (χ0n) is 24.1. The van der Waals surface area contributed by atoms with Crippen LogP contribution in [0.3, 0.4) is 0 Å². The van der Waals surface area contributed by atoms with Crippen LogP contribution in [0, 0.1) is 11.8 Å². The molecule has 1 atom stereocenters. The molecule has 7 rings (SSSR count). The van der Waals surface area contributed by atoms with E-state index >= 15 is 0 Å². The molecule has 0 spiro atoms. The van der Waals surface area contributed by atoms with Crippen molar-refractivity contribution in [1.82, 2.24) is 24.6 Å². The number of aromatic amines is 1. The second-order valence-electron chi connectivity index (χ2n) is 12.8. The number of nitrogens with zero attached hydrogens (tertiary/aromatic N) is 5. The van der Waals surface area contributed by atoms with Gasteiger partial charge in [0.2, 0.25) is 0 Å². The van der Waals surface area contributed by atoms with Gasteiger partial charge in [-0.25, -0.2) is 0 Å². The molecule has 4 aromatic rings. The summed E-state index contributed by atoms with van der Waals surface area (Å²) in [5, 5.41) is 9.39. The van der Waals surface area contributed by atoms with E-state index in [2.05, 4.69) is 40.0 Å². The van der Waals surface area contributed by atoms with Crippen LogP contribution in [0.4, 0.5) is 18.9 Å². The molecule has 1 saturated heterocycles. The lowest BCUT2D eigenvalue weighted by Gasteiger charge is -2.46. The number of carbonyl (C=O) groups is 1. The zero-order valence-corrected chi connectivity index (χ0v) is 24.1. The summed E-state index contributed by atoms with van der Waals surface area (Å²) in [6.07, 6.45) is 2.84. The van der Waals surface area contributed by atoms with Crippen LogP contribution in [0.5, 0.6) is 0 Å². The van der Waals surface area contributed by atoms with Crippen LogP contribution in [-0.2, 0) is 31.7 Å². The number of hydrogen-bond acceptors (Lipinski definition) is 4. The number of aromatic nitrogens is 4. The van der Waals surface area contributed by atoms with Gasteiger partial charge in [-0.2, -0.15) is 13.2 Å². The maximum absolute atomic E-state index is 14.5. The number of benzene rings is 2. The number of amides is 1. The molecule has 2 aromatic carbocycles. The number of carbonyl (C=O) groups excluding carboxylic acids is 1. The third-order valence-electron chi connectivity index (χ3n) is 9.58. The molecule has 0 bridgehead atoms. The highest BCUT2D eigenvalue weighted by Gasteiger charge is 2.49. The first-order valence-corrected chi connectivity index (χ1v) is 14.8. The first-order valence-electron chi connectivity index (χ1n) is 14.8. The summed E-state index contributed by atoms with van der Waals surface area (Å²) in [6, 6.07) is 8.92. The van der Waals surface area contributed by atoms with Gasteiger partial charge < -0.3 is 14.5 Å². The lowest BCUT2D eigenvalue weighted by atomic mass is 9.58. The van der Waals surface area contributed by atoms with Gasteiger partial charge in [-0.15, -0.1) is 10.2 Å². The first kappa shape index (κ1) is 27.2. The summed E-state index contributed by atoms with van der Waals surface area (Å²) in [6.45, 7) is 6.36. The quantitative estimate of drug-likeness (QED) is 0.298. The molecule has 7 nitrogen and oxygen atoms in total. The van der Waals surface area contributed by atoms with Crippen molar-refractivity contribution < 1.29 is 18.0 Å². The number of fused-ring (bicyclic) bond motifs is 2. The highest BCUT2D eigenvalue weighted by Crippen LogP contribution is 2.53. The number of hydrogen-bond donors (Lipinski definition) is 1. The number of piperidine rings is 1. The van der Waals surface area contributed by atoms with Crippen LogP contribution in [0.15, 0.2) is 42.9 Å². The molecule has 10 heteroatoms. The summed E-state index contributed by atoms with van der Waals surface area (Å²) in [5.74, 6) is 1.45. The molecule has 0 radical (unpaired) electrons. The molecule has 2 fully saturated rings. The second-order valence-corrected chi connectivity index (χ2v) is 12.8. The van der Waals surface area contributed by atoms with E-state index in [1.165, 1.54) is 11.0 Å². The fraction of sp³-hybridized carbons (Fsp3) is 0.469. The van der Waals surface area contributed by atoms with Crippen molar-refractivity contribution in [1.29, 1.82) is 0 Å². The zero-order chi connectivity index (χ0) is 29.4. The Labute approximate surface area is 242 Å². The van der Waals surface area contributed by atoms with E-state index in [9.17, 15) is 18.0 Å². The predicted molar refractivity (Wildman–Crippen MR) is 154 cm³/mol. The molecule has 2 aliphatic heterocycles. The molecule has 4 heterocycles. The van der Waals surface area contributed by atoms with Crippen molar-refractivity contribution >= 4 is 22.5 Å². The lowest BCUT2D eigenvalue weighted by molar-refractivity contribution is -0.138. The number of likely N-dealkylation sites (tertiary alicyclic amines) is 1. The van der Waals surface area contributed by atoms with Crippen LogP contribution in [0.2, 0.25) is 0 Å². The Kier molecular flexibility index (Phi) is 6.27. The molecular weight excluding hydrogens is 541 g/mol. The van der Waals surface area contributed by atoms with Crippen molar-refractivity contribution in [2.75, 3.05) is 18.0 Å². The third kappa shape index (κ3) is 4.33. The molecule has 3 aliphatic rings. The summed E-state index contributed by atoms with van der Waals surface area (Å²) in [7, 11) is 1.93. The maximum atomic E-state index is 14.5. The van der Waals surface area contributed by atoms with Gasteiger partial charge in [0.1, 0.15) is 12.2 Å². The van der Waals surface area contributed by atoms with Crippen molar-refractivity contribution in [3.63, 3.8) is 0 Å². The standard InChI is InChI=1S/C32H35F3N6O/c1-19-5-4-8-40(15-19)16-21-9-24-25(26(10-21)32(33,34)35)17-41(29(24)42)28-12-22(11-27-23(28)6-7-36-27)31(13-20(2)14-31)30-38-37-18-39(30)3/h6-7,9-12,18-20,36H,4-5,8,13-17H2,1-3H3/t19-,20?,31?/m0/s1. The normalized spacial score (nSPS) is 24.8. The van der Waals surface area contributed by atoms with Crippen molar-refractivity contribution in [3.8, 4) is 0 Å². The average Bonchev–Trinajstić information content (AvgIpc) is 3.64. The third-order valence-corrected chi connectivity index (χ3v) is 9.58. The average molecular weight is 577 g/mol. The van der Waals surface area contributed by atoms with Gasteiger partial charge in [0, 0.05) is 42.8 Å². The predicted octanol–water partition coefficient (Wildman–Crippen LogP) is 6.42. The Balaban J connectivity index is 1.31. The molecule has 2 aromatic heterocycles. The van der Waals surface area contributed by atoms with Crippen LogP contribution in [0.25, 0.3) is 10.9 Å². The summed E-state index contributed by atoms with van der Waals surface area (Å²) in [5.41, 5.74) is 2.09. The summed E-state index contributed by atoms with van der Waals surface area (Å²) >= 11 is 0. The Morgan fingerprint density at radius 1 is 1.12 bits per heavy atom. The van der Waals surface area contributed by atoms with Gasteiger partial charge in [-0.05, 0) is 91.1 Å². The van der Waals surface area contributed by atoms with Gasteiger partial charge >= 0.3 is 6.18 Å². The van der Waals surface area contributed by atoms with E-state index < -0.39 is 17.6 Å². The number of halogens is 3. The minimum Gasteiger partial charge on any atom is -0.361 e. The Bertz CT molecular complexity index is 1680. The van der Waals surface area contributed by atoms with E-state index in [4.69, 9.17) is 0 Å². The highest BCUT2D eigenvalue weighted by molar-refractivity contribution is 6.14. The van der Waals surface area contributed by atoms with Gasteiger partial charge in [-0.3, -0.25) is 9.69 Å². The Morgan fingerprint density at radius 2 is 1.93 bits per heavy atom. The van der Waals surface area contributed by atoms with E-state index in [1.54, 1.807) is 12.4 Å². The van der Waals surface area contributed by atoms with Crippen LogP contribution < -0.4 is 4.90 Å². The number of rotatable bonds is 5. The van der Waals surface area contributed by atoms with Gasteiger partial charge in [0.25, 0.3) is 5.91 Å². The highest BCUT2D eigenvalue weighted by atomic mass is 19.4. The number of H-pyrrole nitrogens is 1. The molecule has 1 saturated carbocycles. The van der Waals surface area contributed by atoms with E-state index in [-0.39, 0.29) is 23.1 Å². The molecule has 1 N–H and O–H groups in total. The van der Waals surface area contributed by atoms with Crippen molar-refractivity contribution in [2.45, 2.75) is 64.2 Å². The SMILES string of the molecule is CC1CC(c2cc(N3Cc4c(cc(CN5CCC[C@H](C)C5)cc4C(F)(F)F)C3=O)c3cc[nH]c3c2)(c2nncn2C)C1. The van der Waals surface area contributed by atoms with Gasteiger partial charge in [-0.1, -0.05) is 13.8 Å². The van der Waals surface area contributed by atoms with Gasteiger partial charge in [0.15, 0.2) is 0 Å². The van der Waals surface area contributed by atoms with E-state index in [0.717, 1.165) is 61.1 Å². The molecule has 1 aliphatic carbocycles. The Hall–Kier alpha value is -3.66. The van der Waals surface area contributed by atoms with Gasteiger partial charge in [0.05, 0.1) is 23.2 Å². The fourth-order valence-electron chi connectivity index (χ4n) is 7.74. The molecular formula is C32H35F3N6O. The lowest BCUT2D eigenvalue weighted by Crippen LogP contribution is -2.43. The van der Waals surface area contributed by atoms with Crippen LogP contribution >= 0.6 is 0 Å². The Morgan fingerprint density at radius 3 is 2.62 bits per heavy atom. The summed E-state index contributed by atoms with van der Waals surface area (Å²) in [4.78, 5) is 21.0. The molecule has 220 valence electrons. The largest absolute Gasteiger partial charge is 0.416 e. The van der Waals surface area contributed by atoms with Crippen LogP contribution in [0.1, 0.15) is 78.0 Å². The minimum atomic E-state index is -4.56. The number of anilines is 1. The number of alkyl halides is 3. The van der Waals surface area contributed by atoms with Crippen LogP contribution in [-0.4, -0.2) is 43.6 Å².